The Morgan fingerprint density at radius 3 is 2.65 bits per heavy atom. The summed E-state index contributed by atoms with van der Waals surface area (Å²) >= 11 is 0. The van der Waals surface area contributed by atoms with Gasteiger partial charge in [-0.05, 0) is 13.3 Å². The van der Waals surface area contributed by atoms with Crippen molar-refractivity contribution in [2.24, 2.45) is 0 Å². The van der Waals surface area contributed by atoms with Crippen LogP contribution >= 0.6 is 0 Å². The number of halogens is 3. The lowest BCUT2D eigenvalue weighted by atomic mass is 10.3. The van der Waals surface area contributed by atoms with Crippen LogP contribution in [0.5, 0.6) is 6.01 Å². The monoisotopic (exact) mass is 250 g/mol. The van der Waals surface area contributed by atoms with Crippen LogP contribution < -0.4 is 4.74 Å². The zero-order valence-electron chi connectivity index (χ0n) is 9.29. The van der Waals surface area contributed by atoms with E-state index in [4.69, 9.17) is 9.84 Å². The number of aliphatic hydroxyl groups excluding tert-OH is 1. The van der Waals surface area contributed by atoms with E-state index in [-0.39, 0.29) is 25.6 Å². The van der Waals surface area contributed by atoms with E-state index in [1.807, 2.05) is 0 Å². The Labute approximate surface area is 96.5 Å². The highest BCUT2D eigenvalue weighted by Gasteiger charge is 2.26. The van der Waals surface area contributed by atoms with Crippen LogP contribution in [0.2, 0.25) is 0 Å². The van der Waals surface area contributed by atoms with Gasteiger partial charge in [0, 0.05) is 18.2 Å². The van der Waals surface area contributed by atoms with E-state index in [0.29, 0.717) is 11.3 Å². The van der Waals surface area contributed by atoms with Crippen molar-refractivity contribution in [3.8, 4) is 6.01 Å². The molecule has 0 aliphatic heterocycles. The number of aryl methyl sites for hydroxylation is 1. The minimum Gasteiger partial charge on any atom is -0.463 e. The van der Waals surface area contributed by atoms with E-state index in [1.54, 1.807) is 6.92 Å². The van der Waals surface area contributed by atoms with Gasteiger partial charge in [-0.3, -0.25) is 0 Å². The molecule has 0 aliphatic rings. The van der Waals surface area contributed by atoms with Gasteiger partial charge in [-0.25, -0.2) is 9.97 Å². The maximum absolute atomic E-state index is 11.8. The van der Waals surface area contributed by atoms with Gasteiger partial charge in [-0.1, -0.05) is 0 Å². The zero-order chi connectivity index (χ0) is 12.9. The van der Waals surface area contributed by atoms with Crippen LogP contribution in [0.3, 0.4) is 0 Å². The van der Waals surface area contributed by atoms with E-state index < -0.39 is 12.6 Å². The van der Waals surface area contributed by atoms with E-state index in [9.17, 15) is 13.2 Å². The number of hydrogen-bond donors (Lipinski definition) is 1. The minimum atomic E-state index is -4.17. The first-order valence-corrected chi connectivity index (χ1v) is 5.05. The number of nitrogens with zero attached hydrogens (tertiary/aromatic N) is 2. The van der Waals surface area contributed by atoms with Crippen LogP contribution in [-0.2, 0) is 6.61 Å². The van der Waals surface area contributed by atoms with Gasteiger partial charge in [-0.2, -0.15) is 13.2 Å². The molecule has 1 N–H and O–H groups in total. The lowest BCUT2D eigenvalue weighted by Crippen LogP contribution is -2.10. The molecule has 0 radical (unpaired) electrons. The average Bonchev–Trinajstić information content (AvgIpc) is 2.23. The summed E-state index contributed by atoms with van der Waals surface area (Å²) < 4.78 is 40.5. The Bertz CT molecular complexity index is 369. The van der Waals surface area contributed by atoms with Crippen molar-refractivity contribution in [2.75, 3.05) is 6.61 Å². The molecule has 0 saturated heterocycles. The summed E-state index contributed by atoms with van der Waals surface area (Å²) in [7, 11) is 0. The fraction of sp³-hybridized carbons (Fsp3) is 0.600. The maximum atomic E-state index is 11.8. The second-order valence-electron chi connectivity index (χ2n) is 3.49. The van der Waals surface area contributed by atoms with Gasteiger partial charge in [-0.15, -0.1) is 0 Å². The molecule has 4 nitrogen and oxygen atoms in total. The van der Waals surface area contributed by atoms with E-state index in [1.165, 1.54) is 6.20 Å². The molecule has 7 heteroatoms. The maximum Gasteiger partial charge on any atom is 0.389 e. The van der Waals surface area contributed by atoms with E-state index >= 15 is 0 Å². The highest BCUT2D eigenvalue weighted by Crippen LogP contribution is 2.21. The van der Waals surface area contributed by atoms with Gasteiger partial charge in [0.2, 0.25) is 0 Å². The summed E-state index contributed by atoms with van der Waals surface area (Å²) in [5.41, 5.74) is 1.11. The largest absolute Gasteiger partial charge is 0.463 e. The second kappa shape index (κ2) is 5.81. The molecule has 1 heterocycles. The molecule has 0 bridgehead atoms. The van der Waals surface area contributed by atoms with E-state index in [2.05, 4.69) is 9.97 Å². The standard InChI is InChI=1S/C10H13F3N2O2/c1-7-8(6-16)5-14-9(15-7)17-4-2-3-10(11,12)13/h5,16H,2-4,6H2,1H3. The van der Waals surface area contributed by atoms with Gasteiger partial charge in [0.15, 0.2) is 0 Å². The molecular formula is C10H13F3N2O2. The molecule has 1 rings (SSSR count). The van der Waals surface area contributed by atoms with Crippen LogP contribution in [0.1, 0.15) is 24.1 Å². The average molecular weight is 250 g/mol. The molecule has 0 aromatic carbocycles. The Morgan fingerprint density at radius 2 is 2.12 bits per heavy atom. The highest BCUT2D eigenvalue weighted by atomic mass is 19.4. The predicted octanol–water partition coefficient (Wildman–Crippen LogP) is 2.00. The van der Waals surface area contributed by atoms with Crippen molar-refractivity contribution in [2.45, 2.75) is 32.5 Å². The first-order valence-electron chi connectivity index (χ1n) is 5.05. The Kier molecular flexibility index (Phi) is 4.68. The third kappa shape index (κ3) is 4.99. The third-order valence-electron chi connectivity index (χ3n) is 2.06. The summed E-state index contributed by atoms with van der Waals surface area (Å²) in [6.45, 7) is 1.40. The SMILES string of the molecule is Cc1nc(OCCCC(F)(F)F)ncc1CO. The van der Waals surface area contributed by atoms with Gasteiger partial charge in [0.05, 0.1) is 18.9 Å². The van der Waals surface area contributed by atoms with Crippen molar-refractivity contribution in [3.63, 3.8) is 0 Å². The lowest BCUT2D eigenvalue weighted by Gasteiger charge is -2.08. The number of ether oxygens (including phenoxy) is 1. The lowest BCUT2D eigenvalue weighted by molar-refractivity contribution is -0.136. The zero-order valence-corrected chi connectivity index (χ0v) is 9.29. The molecule has 0 saturated carbocycles. The molecule has 96 valence electrons. The molecule has 0 fully saturated rings. The van der Waals surface area contributed by atoms with Crippen molar-refractivity contribution in [1.82, 2.24) is 9.97 Å². The summed E-state index contributed by atoms with van der Waals surface area (Å²) in [4.78, 5) is 7.67. The predicted molar refractivity (Wildman–Crippen MR) is 53.5 cm³/mol. The summed E-state index contributed by atoms with van der Waals surface area (Å²) in [6.07, 6.45) is -3.79. The van der Waals surface area contributed by atoms with Crippen molar-refractivity contribution < 1.29 is 23.0 Å². The van der Waals surface area contributed by atoms with Crippen LogP contribution in [0.25, 0.3) is 0 Å². The quantitative estimate of drug-likeness (QED) is 0.812. The molecule has 1 aromatic heterocycles. The number of alkyl halides is 3. The summed E-state index contributed by atoms with van der Waals surface area (Å²) in [6, 6.07) is 0.0295. The molecular weight excluding hydrogens is 237 g/mol. The van der Waals surface area contributed by atoms with Gasteiger partial charge >= 0.3 is 12.2 Å². The second-order valence-corrected chi connectivity index (χ2v) is 3.49. The number of hydrogen-bond acceptors (Lipinski definition) is 4. The topological polar surface area (TPSA) is 55.2 Å². The smallest absolute Gasteiger partial charge is 0.389 e. The van der Waals surface area contributed by atoms with Gasteiger partial charge in [0.25, 0.3) is 0 Å². The molecule has 0 amide bonds. The Morgan fingerprint density at radius 1 is 1.41 bits per heavy atom. The number of aliphatic hydroxyl groups is 1. The Balaban J connectivity index is 2.40. The molecule has 0 unspecified atom stereocenters. The van der Waals surface area contributed by atoms with Crippen LogP contribution in [0.4, 0.5) is 13.2 Å². The van der Waals surface area contributed by atoms with Gasteiger partial charge in [0.1, 0.15) is 0 Å². The minimum absolute atomic E-state index is 0.0295. The molecule has 0 spiro atoms. The molecule has 1 aromatic rings. The van der Waals surface area contributed by atoms with E-state index in [0.717, 1.165) is 0 Å². The molecule has 17 heavy (non-hydrogen) atoms. The van der Waals surface area contributed by atoms with Crippen LogP contribution in [0.15, 0.2) is 6.20 Å². The van der Waals surface area contributed by atoms with Crippen LogP contribution in [0, 0.1) is 6.92 Å². The first kappa shape index (κ1) is 13.7. The Hall–Kier alpha value is -1.37. The highest BCUT2D eigenvalue weighted by molar-refractivity contribution is 5.16. The van der Waals surface area contributed by atoms with Crippen LogP contribution in [-0.4, -0.2) is 27.9 Å². The molecule has 0 aliphatic carbocycles. The normalized spacial score (nSPS) is 11.6. The molecule has 0 atom stereocenters. The number of rotatable bonds is 5. The van der Waals surface area contributed by atoms with Crippen molar-refractivity contribution >= 4 is 0 Å². The van der Waals surface area contributed by atoms with Crippen molar-refractivity contribution in [3.05, 3.63) is 17.5 Å². The van der Waals surface area contributed by atoms with Gasteiger partial charge < -0.3 is 9.84 Å². The first-order chi connectivity index (χ1) is 7.92. The fourth-order valence-corrected chi connectivity index (χ4v) is 1.13. The number of aromatic nitrogens is 2. The third-order valence-corrected chi connectivity index (χ3v) is 2.06. The summed E-state index contributed by atoms with van der Waals surface area (Å²) in [5.74, 6) is 0. The van der Waals surface area contributed by atoms with Crippen molar-refractivity contribution in [1.29, 1.82) is 0 Å². The summed E-state index contributed by atoms with van der Waals surface area (Å²) in [5, 5.41) is 8.87. The fourth-order valence-electron chi connectivity index (χ4n) is 1.13.